The molecule has 0 atom stereocenters. The number of carbonyl (C=O) groups excluding carboxylic acids is 1. The highest BCUT2D eigenvalue weighted by molar-refractivity contribution is 8.03. The highest BCUT2D eigenvalue weighted by Crippen LogP contribution is 2.31. The fraction of sp³-hybridized carbons (Fsp3) is 0.400. The van der Waals surface area contributed by atoms with Crippen LogP contribution in [0, 0.1) is 0 Å². The summed E-state index contributed by atoms with van der Waals surface area (Å²) in [4.78, 5) is 12.1. The van der Waals surface area contributed by atoms with Crippen LogP contribution in [0.3, 0.4) is 0 Å². The summed E-state index contributed by atoms with van der Waals surface area (Å²) in [5.74, 6) is 1.47. The van der Waals surface area contributed by atoms with E-state index in [1.165, 1.54) is 23.1 Å². The van der Waals surface area contributed by atoms with Gasteiger partial charge in [0.2, 0.25) is 5.91 Å². The molecule has 1 amide bonds. The van der Waals surface area contributed by atoms with E-state index in [9.17, 15) is 4.79 Å². The Morgan fingerprint density at radius 3 is 2.54 bits per heavy atom. The summed E-state index contributed by atoms with van der Waals surface area (Å²) in [6.07, 6.45) is 1.95. The number of nitrogens with zero attached hydrogens (tertiary/aromatic N) is 2. The molecule has 2 rings (SSSR count). The monoisotopic (exact) mass is 385 g/mol. The van der Waals surface area contributed by atoms with Crippen LogP contribution in [-0.2, 0) is 4.79 Å². The maximum absolute atomic E-state index is 12.1. The molecule has 0 saturated heterocycles. The van der Waals surface area contributed by atoms with Gasteiger partial charge >= 0.3 is 0 Å². The van der Waals surface area contributed by atoms with E-state index in [0.717, 1.165) is 8.68 Å². The molecule has 1 aromatic carbocycles. The van der Waals surface area contributed by atoms with E-state index in [-0.39, 0.29) is 11.7 Å². The number of benzene rings is 1. The molecule has 1 N–H and O–H groups in total. The standard InChI is InChI=1S/C15H19N3O3S3/c1-4-20-11-7-6-10(8-12(11)21-5-2)16-13(19)9-23-15-18-17-14(22-3)24-15/h6-8H,4-5,9H2,1-3H3,(H,16,19). The number of hydrogen-bond donors (Lipinski definition) is 1. The van der Waals surface area contributed by atoms with Crippen molar-refractivity contribution in [2.24, 2.45) is 0 Å². The molecule has 0 aliphatic heterocycles. The fourth-order valence-electron chi connectivity index (χ4n) is 1.79. The Morgan fingerprint density at radius 1 is 1.17 bits per heavy atom. The zero-order chi connectivity index (χ0) is 17.4. The Labute approximate surface area is 153 Å². The predicted octanol–water partition coefficient (Wildman–Crippen LogP) is 3.79. The smallest absolute Gasteiger partial charge is 0.234 e. The average molecular weight is 386 g/mol. The van der Waals surface area contributed by atoms with E-state index < -0.39 is 0 Å². The Bertz CT molecular complexity index is 679. The lowest BCUT2D eigenvalue weighted by Gasteiger charge is -2.12. The van der Waals surface area contributed by atoms with Crippen LogP contribution in [0.1, 0.15) is 13.8 Å². The summed E-state index contributed by atoms with van der Waals surface area (Å²) in [5.41, 5.74) is 0.676. The van der Waals surface area contributed by atoms with Gasteiger partial charge in [-0.3, -0.25) is 4.79 Å². The molecule has 130 valence electrons. The molecule has 1 aromatic heterocycles. The van der Waals surface area contributed by atoms with Gasteiger partial charge in [0.15, 0.2) is 20.2 Å². The lowest BCUT2D eigenvalue weighted by Crippen LogP contribution is -2.14. The van der Waals surface area contributed by atoms with E-state index in [1.807, 2.05) is 20.1 Å². The normalized spacial score (nSPS) is 10.5. The number of rotatable bonds is 9. The van der Waals surface area contributed by atoms with Gasteiger partial charge in [0.1, 0.15) is 0 Å². The van der Waals surface area contributed by atoms with Gasteiger partial charge in [-0.1, -0.05) is 34.9 Å². The van der Waals surface area contributed by atoms with Gasteiger partial charge in [-0.05, 0) is 32.2 Å². The van der Waals surface area contributed by atoms with Gasteiger partial charge < -0.3 is 14.8 Å². The van der Waals surface area contributed by atoms with Gasteiger partial charge in [-0.2, -0.15) is 0 Å². The molecule has 24 heavy (non-hydrogen) atoms. The van der Waals surface area contributed by atoms with Crippen molar-refractivity contribution in [2.75, 3.05) is 30.5 Å². The topological polar surface area (TPSA) is 73.3 Å². The number of hydrogen-bond acceptors (Lipinski definition) is 8. The number of anilines is 1. The molecule has 9 heteroatoms. The first-order chi connectivity index (χ1) is 11.7. The minimum absolute atomic E-state index is 0.104. The van der Waals surface area contributed by atoms with Crippen molar-refractivity contribution in [2.45, 2.75) is 22.5 Å². The molecule has 0 saturated carbocycles. The highest BCUT2D eigenvalue weighted by atomic mass is 32.2. The molecule has 0 radical (unpaired) electrons. The van der Waals surface area contributed by atoms with Crippen molar-refractivity contribution in [1.29, 1.82) is 0 Å². The van der Waals surface area contributed by atoms with Crippen LogP contribution in [0.15, 0.2) is 26.9 Å². The van der Waals surface area contributed by atoms with Crippen molar-refractivity contribution >= 4 is 46.5 Å². The second kappa shape index (κ2) is 9.75. The van der Waals surface area contributed by atoms with Crippen molar-refractivity contribution in [3.8, 4) is 11.5 Å². The molecule has 6 nitrogen and oxygen atoms in total. The minimum Gasteiger partial charge on any atom is -0.490 e. The summed E-state index contributed by atoms with van der Waals surface area (Å²) in [6, 6.07) is 5.37. The van der Waals surface area contributed by atoms with Crippen LogP contribution < -0.4 is 14.8 Å². The second-order valence-corrected chi connectivity index (χ2v) is 7.66. The third-order valence-electron chi connectivity index (χ3n) is 2.72. The van der Waals surface area contributed by atoms with E-state index in [0.29, 0.717) is 30.4 Å². The van der Waals surface area contributed by atoms with Crippen LogP contribution in [0.25, 0.3) is 0 Å². The predicted molar refractivity (Wildman–Crippen MR) is 99.8 cm³/mol. The lowest BCUT2D eigenvalue weighted by molar-refractivity contribution is -0.113. The maximum atomic E-state index is 12.1. The van der Waals surface area contributed by atoms with Gasteiger partial charge in [-0.25, -0.2) is 0 Å². The summed E-state index contributed by atoms with van der Waals surface area (Å²) in [7, 11) is 0. The third kappa shape index (κ3) is 5.57. The van der Waals surface area contributed by atoms with Crippen LogP contribution >= 0.6 is 34.9 Å². The Hall–Kier alpha value is -1.45. The molecule has 0 unspecified atom stereocenters. The largest absolute Gasteiger partial charge is 0.490 e. The Balaban J connectivity index is 1.93. The quantitative estimate of drug-likeness (QED) is 0.658. The number of amides is 1. The van der Waals surface area contributed by atoms with Crippen molar-refractivity contribution in [1.82, 2.24) is 10.2 Å². The molecule has 0 bridgehead atoms. The first-order valence-electron chi connectivity index (χ1n) is 7.36. The first kappa shape index (κ1) is 18.9. The van der Waals surface area contributed by atoms with Crippen LogP contribution in [-0.4, -0.2) is 41.3 Å². The minimum atomic E-state index is -0.104. The van der Waals surface area contributed by atoms with Crippen molar-refractivity contribution in [3.05, 3.63) is 18.2 Å². The van der Waals surface area contributed by atoms with Crippen molar-refractivity contribution < 1.29 is 14.3 Å². The molecule has 0 aliphatic carbocycles. The second-order valence-electron chi connectivity index (χ2n) is 4.40. The van der Waals surface area contributed by atoms with Crippen LogP contribution in [0.5, 0.6) is 11.5 Å². The summed E-state index contributed by atoms with van der Waals surface area (Å²) >= 11 is 4.40. The molecular formula is C15H19N3O3S3. The van der Waals surface area contributed by atoms with Crippen LogP contribution in [0.2, 0.25) is 0 Å². The fourth-order valence-corrected chi connectivity index (χ4v) is 4.03. The maximum Gasteiger partial charge on any atom is 0.234 e. The van der Waals surface area contributed by atoms with Gasteiger partial charge in [-0.15, -0.1) is 10.2 Å². The zero-order valence-electron chi connectivity index (χ0n) is 13.7. The Morgan fingerprint density at radius 2 is 1.88 bits per heavy atom. The first-order valence-corrected chi connectivity index (χ1v) is 10.4. The molecule has 1 heterocycles. The summed E-state index contributed by atoms with van der Waals surface area (Å²) in [5, 5.41) is 10.9. The molecule has 0 aliphatic rings. The Kier molecular flexibility index (Phi) is 7.67. The van der Waals surface area contributed by atoms with E-state index in [2.05, 4.69) is 15.5 Å². The average Bonchev–Trinajstić information content (AvgIpc) is 3.04. The number of aromatic nitrogens is 2. The molecule has 2 aromatic rings. The number of ether oxygens (including phenoxy) is 2. The number of thioether (sulfide) groups is 2. The SMILES string of the molecule is CCOc1ccc(NC(=O)CSc2nnc(SC)s2)cc1OCC. The number of carbonyl (C=O) groups is 1. The van der Waals surface area contributed by atoms with Gasteiger partial charge in [0.05, 0.1) is 19.0 Å². The van der Waals surface area contributed by atoms with E-state index in [4.69, 9.17) is 9.47 Å². The lowest BCUT2D eigenvalue weighted by atomic mass is 10.2. The summed E-state index contributed by atoms with van der Waals surface area (Å²) in [6.45, 7) is 4.91. The molecule has 0 spiro atoms. The summed E-state index contributed by atoms with van der Waals surface area (Å²) < 4.78 is 12.7. The van der Waals surface area contributed by atoms with E-state index in [1.54, 1.807) is 30.0 Å². The van der Waals surface area contributed by atoms with E-state index >= 15 is 0 Å². The molecule has 0 fully saturated rings. The highest BCUT2D eigenvalue weighted by Gasteiger charge is 2.10. The molecular weight excluding hydrogens is 366 g/mol. The van der Waals surface area contributed by atoms with Crippen molar-refractivity contribution in [3.63, 3.8) is 0 Å². The van der Waals surface area contributed by atoms with Crippen LogP contribution in [0.4, 0.5) is 5.69 Å². The van der Waals surface area contributed by atoms with Gasteiger partial charge in [0, 0.05) is 11.8 Å². The third-order valence-corrected chi connectivity index (χ3v) is 5.75. The van der Waals surface area contributed by atoms with Gasteiger partial charge in [0.25, 0.3) is 0 Å². The number of nitrogens with one attached hydrogen (secondary N) is 1. The zero-order valence-corrected chi connectivity index (χ0v) is 16.1.